The number of rotatable bonds is 15. The first-order chi connectivity index (χ1) is 21.8. The first-order valence-electron chi connectivity index (χ1n) is 15.6. The van der Waals surface area contributed by atoms with Gasteiger partial charge in [0.15, 0.2) is 0 Å². The number of nitrogens with one attached hydrogen (secondary N) is 1. The van der Waals surface area contributed by atoms with E-state index in [0.717, 1.165) is 35.1 Å². The molecule has 0 heterocycles. The Hall–Kier alpha value is -4.43. The molecule has 0 spiro atoms. The fraction of sp³-hybridized carbons (Fsp3) is 0.297. The smallest absolute Gasteiger partial charge is 0.264 e. The zero-order valence-electron chi connectivity index (χ0n) is 26.4. The highest BCUT2D eigenvalue weighted by Gasteiger charge is 2.35. The number of carbonyl (C=O) groups is 2. The molecule has 8 heteroatoms. The van der Waals surface area contributed by atoms with E-state index in [4.69, 9.17) is 0 Å². The highest BCUT2D eigenvalue weighted by Crippen LogP contribution is 2.28. The molecule has 0 radical (unpaired) electrons. The Morgan fingerprint density at radius 1 is 0.778 bits per heavy atom. The van der Waals surface area contributed by atoms with Gasteiger partial charge in [0.2, 0.25) is 11.8 Å². The predicted molar refractivity (Wildman–Crippen MR) is 180 cm³/mol. The van der Waals surface area contributed by atoms with E-state index in [1.165, 1.54) is 16.4 Å². The molecular weight excluding hydrogens is 582 g/mol. The number of carbonyl (C=O) groups excluding carboxylic acids is 2. The summed E-state index contributed by atoms with van der Waals surface area (Å²) < 4.78 is 29.6. The zero-order valence-corrected chi connectivity index (χ0v) is 27.2. The first-order valence-corrected chi connectivity index (χ1v) is 17.0. The fourth-order valence-electron chi connectivity index (χ4n) is 5.32. The number of amides is 2. The standard InChI is InChI=1S/C37H43N3O4S/c1-4-6-25-38-37(42)35(26-30-18-9-7-10-19-30)39(27-32-21-14-13-17-29(32)3)36(41)28-40(34-24-16-15-20-31(34)5-2)45(43,44)33-22-11-8-12-23-33/h7-24,35H,4-6,25-28H2,1-3H3,(H,38,42)/t35-/m0/s1. The summed E-state index contributed by atoms with van der Waals surface area (Å²) in [5.41, 5.74) is 4.01. The molecule has 1 atom stereocenters. The third-order valence-electron chi connectivity index (χ3n) is 7.95. The number of sulfonamides is 1. The van der Waals surface area contributed by atoms with Crippen molar-refractivity contribution in [1.29, 1.82) is 0 Å². The summed E-state index contributed by atoms with van der Waals surface area (Å²) in [6.45, 7) is 6.15. The Balaban J connectivity index is 1.82. The summed E-state index contributed by atoms with van der Waals surface area (Å²) in [5.74, 6) is -0.726. The van der Waals surface area contributed by atoms with E-state index in [-0.39, 0.29) is 23.8 Å². The molecule has 4 aromatic rings. The topological polar surface area (TPSA) is 86.8 Å². The van der Waals surface area contributed by atoms with Gasteiger partial charge in [-0.15, -0.1) is 0 Å². The van der Waals surface area contributed by atoms with Gasteiger partial charge in [-0.25, -0.2) is 8.42 Å². The second-order valence-corrected chi connectivity index (χ2v) is 13.0. The minimum Gasteiger partial charge on any atom is -0.354 e. The first kappa shape index (κ1) is 33.5. The van der Waals surface area contributed by atoms with Crippen LogP contribution in [0.1, 0.15) is 48.9 Å². The highest BCUT2D eigenvalue weighted by molar-refractivity contribution is 7.92. The normalized spacial score (nSPS) is 11.9. The molecule has 236 valence electrons. The molecule has 0 aliphatic carbocycles. The molecule has 0 unspecified atom stereocenters. The number of benzene rings is 4. The number of anilines is 1. The Bertz CT molecular complexity index is 1660. The lowest BCUT2D eigenvalue weighted by molar-refractivity contribution is -0.140. The molecule has 2 amide bonds. The van der Waals surface area contributed by atoms with Gasteiger partial charge in [-0.05, 0) is 60.2 Å². The van der Waals surface area contributed by atoms with E-state index in [0.29, 0.717) is 18.7 Å². The van der Waals surface area contributed by atoms with Gasteiger partial charge in [-0.2, -0.15) is 0 Å². The summed E-state index contributed by atoms with van der Waals surface area (Å²) in [6.07, 6.45) is 2.59. The van der Waals surface area contributed by atoms with Gasteiger partial charge in [-0.3, -0.25) is 13.9 Å². The number of unbranched alkanes of at least 4 members (excludes halogenated alkanes) is 1. The number of nitrogens with zero attached hydrogens (tertiary/aromatic N) is 2. The van der Waals surface area contributed by atoms with Gasteiger partial charge >= 0.3 is 0 Å². The van der Waals surface area contributed by atoms with Crippen LogP contribution in [-0.2, 0) is 39.0 Å². The summed E-state index contributed by atoms with van der Waals surface area (Å²) >= 11 is 0. The molecule has 45 heavy (non-hydrogen) atoms. The molecule has 0 fully saturated rings. The average molecular weight is 626 g/mol. The molecule has 4 rings (SSSR count). The van der Waals surface area contributed by atoms with Crippen LogP contribution in [0.2, 0.25) is 0 Å². The van der Waals surface area contributed by atoms with E-state index >= 15 is 0 Å². The van der Waals surface area contributed by atoms with Gasteiger partial charge in [0.25, 0.3) is 10.0 Å². The molecule has 0 aliphatic rings. The van der Waals surface area contributed by atoms with Crippen LogP contribution in [0.3, 0.4) is 0 Å². The summed E-state index contributed by atoms with van der Waals surface area (Å²) in [6, 6.07) is 31.9. The van der Waals surface area contributed by atoms with Crippen molar-refractivity contribution < 1.29 is 18.0 Å². The van der Waals surface area contributed by atoms with E-state index in [9.17, 15) is 18.0 Å². The fourth-order valence-corrected chi connectivity index (χ4v) is 6.79. The summed E-state index contributed by atoms with van der Waals surface area (Å²) in [4.78, 5) is 30.2. The van der Waals surface area contributed by atoms with Crippen molar-refractivity contribution in [3.8, 4) is 0 Å². The van der Waals surface area contributed by atoms with Crippen molar-refractivity contribution in [1.82, 2.24) is 10.2 Å². The largest absolute Gasteiger partial charge is 0.354 e. The maximum absolute atomic E-state index is 14.6. The molecule has 7 nitrogen and oxygen atoms in total. The van der Waals surface area contributed by atoms with Crippen LogP contribution in [-0.4, -0.2) is 44.3 Å². The van der Waals surface area contributed by atoms with Crippen LogP contribution < -0.4 is 9.62 Å². The predicted octanol–water partition coefficient (Wildman–Crippen LogP) is 6.31. The minimum atomic E-state index is -4.13. The van der Waals surface area contributed by atoms with E-state index in [2.05, 4.69) is 12.2 Å². The van der Waals surface area contributed by atoms with Crippen LogP contribution in [0, 0.1) is 6.92 Å². The molecule has 0 aliphatic heterocycles. The van der Waals surface area contributed by atoms with E-state index < -0.39 is 28.5 Å². The molecule has 0 bridgehead atoms. The van der Waals surface area contributed by atoms with Crippen LogP contribution >= 0.6 is 0 Å². The van der Waals surface area contributed by atoms with Crippen molar-refractivity contribution in [2.24, 2.45) is 0 Å². The average Bonchev–Trinajstić information content (AvgIpc) is 3.06. The van der Waals surface area contributed by atoms with Gasteiger partial charge < -0.3 is 10.2 Å². The Labute approximate surface area is 268 Å². The van der Waals surface area contributed by atoms with Gasteiger partial charge in [0.05, 0.1) is 10.6 Å². The van der Waals surface area contributed by atoms with Gasteiger partial charge in [0.1, 0.15) is 12.6 Å². The van der Waals surface area contributed by atoms with Crippen molar-refractivity contribution in [2.45, 2.75) is 63.9 Å². The highest BCUT2D eigenvalue weighted by atomic mass is 32.2. The number of hydrogen-bond acceptors (Lipinski definition) is 4. The third kappa shape index (κ3) is 8.60. The molecule has 0 aromatic heterocycles. The third-order valence-corrected chi connectivity index (χ3v) is 9.73. The van der Waals surface area contributed by atoms with Crippen LogP contribution in [0.25, 0.3) is 0 Å². The second kappa shape index (κ2) is 16.0. The molecular formula is C37H43N3O4S. The SMILES string of the molecule is CCCCNC(=O)[C@H](Cc1ccccc1)N(Cc1ccccc1C)C(=O)CN(c1ccccc1CC)S(=O)(=O)c1ccccc1. The van der Waals surface area contributed by atoms with Crippen molar-refractivity contribution in [3.05, 3.63) is 131 Å². The minimum absolute atomic E-state index is 0.0901. The molecule has 0 saturated carbocycles. The maximum Gasteiger partial charge on any atom is 0.264 e. The van der Waals surface area contributed by atoms with Crippen molar-refractivity contribution >= 4 is 27.5 Å². The van der Waals surface area contributed by atoms with Crippen LogP contribution in [0.5, 0.6) is 0 Å². The van der Waals surface area contributed by atoms with Gasteiger partial charge in [-0.1, -0.05) is 111 Å². The maximum atomic E-state index is 14.6. The quantitative estimate of drug-likeness (QED) is 0.157. The molecule has 0 saturated heterocycles. The van der Waals surface area contributed by atoms with Crippen molar-refractivity contribution in [3.63, 3.8) is 0 Å². The lowest BCUT2D eigenvalue weighted by atomic mass is 10.0. The van der Waals surface area contributed by atoms with Crippen LogP contribution in [0.15, 0.2) is 114 Å². The van der Waals surface area contributed by atoms with E-state index in [1.807, 2.05) is 80.6 Å². The van der Waals surface area contributed by atoms with Crippen molar-refractivity contribution in [2.75, 3.05) is 17.4 Å². The second-order valence-electron chi connectivity index (χ2n) is 11.1. The zero-order chi connectivity index (χ0) is 32.2. The van der Waals surface area contributed by atoms with Gasteiger partial charge in [0, 0.05) is 19.5 Å². The Morgan fingerprint density at radius 3 is 2.02 bits per heavy atom. The number of aryl methyl sites for hydroxylation is 2. The lowest BCUT2D eigenvalue weighted by Gasteiger charge is -2.34. The summed E-state index contributed by atoms with van der Waals surface area (Å²) in [7, 11) is -4.13. The summed E-state index contributed by atoms with van der Waals surface area (Å²) in [5, 5.41) is 3.03. The Kier molecular flexibility index (Phi) is 11.9. The number of para-hydroxylation sites is 1. The monoisotopic (exact) mass is 625 g/mol. The Morgan fingerprint density at radius 2 is 1.38 bits per heavy atom. The number of hydrogen-bond donors (Lipinski definition) is 1. The molecule has 1 N–H and O–H groups in total. The lowest BCUT2D eigenvalue weighted by Crippen LogP contribution is -2.53. The van der Waals surface area contributed by atoms with Crippen LogP contribution in [0.4, 0.5) is 5.69 Å². The molecule has 4 aromatic carbocycles. The van der Waals surface area contributed by atoms with E-state index in [1.54, 1.807) is 35.2 Å².